The second-order valence-corrected chi connectivity index (χ2v) is 7.35. The number of hydrogen-bond acceptors (Lipinski definition) is 3. The molecule has 0 aliphatic heterocycles. The number of amides is 1. The van der Waals surface area contributed by atoms with Crippen molar-refractivity contribution in [1.29, 1.82) is 0 Å². The topological polar surface area (TPSA) is 74.8 Å². The molecule has 1 amide bonds. The summed E-state index contributed by atoms with van der Waals surface area (Å²) in [5, 5.41) is 9.43. The SMILES string of the molecule is CCNC(=O)C(C)(C)CN=C(NCC)NCCCOC1CCCCC1. The van der Waals surface area contributed by atoms with E-state index in [0.29, 0.717) is 19.2 Å². The minimum atomic E-state index is -0.511. The van der Waals surface area contributed by atoms with Crippen molar-refractivity contribution in [2.24, 2.45) is 10.4 Å². The Hall–Kier alpha value is -1.30. The summed E-state index contributed by atoms with van der Waals surface area (Å²) < 4.78 is 5.94. The van der Waals surface area contributed by atoms with Crippen LogP contribution in [0.2, 0.25) is 0 Å². The molecule has 0 aromatic carbocycles. The highest BCUT2D eigenvalue weighted by Gasteiger charge is 2.26. The Balaban J connectivity index is 2.31. The summed E-state index contributed by atoms with van der Waals surface area (Å²) in [4.78, 5) is 16.6. The molecule has 0 atom stereocenters. The molecule has 1 aliphatic rings. The van der Waals surface area contributed by atoms with Crippen LogP contribution in [0.5, 0.6) is 0 Å². The molecule has 0 saturated heterocycles. The predicted octanol–water partition coefficient (Wildman–Crippen LogP) is 2.44. The molecule has 1 aliphatic carbocycles. The van der Waals surface area contributed by atoms with Crippen LogP contribution < -0.4 is 16.0 Å². The van der Waals surface area contributed by atoms with E-state index in [2.05, 4.69) is 20.9 Å². The van der Waals surface area contributed by atoms with Gasteiger partial charge in [0.25, 0.3) is 0 Å². The van der Waals surface area contributed by atoms with Gasteiger partial charge < -0.3 is 20.7 Å². The Labute approximate surface area is 153 Å². The van der Waals surface area contributed by atoms with Crippen molar-refractivity contribution in [3.8, 4) is 0 Å². The number of nitrogens with one attached hydrogen (secondary N) is 3. The van der Waals surface area contributed by atoms with Crippen molar-refractivity contribution in [2.75, 3.05) is 32.8 Å². The van der Waals surface area contributed by atoms with Gasteiger partial charge >= 0.3 is 0 Å². The summed E-state index contributed by atoms with van der Waals surface area (Å²) in [7, 11) is 0. The van der Waals surface area contributed by atoms with E-state index in [0.717, 1.165) is 32.1 Å². The number of carbonyl (C=O) groups is 1. The smallest absolute Gasteiger partial charge is 0.227 e. The maximum Gasteiger partial charge on any atom is 0.227 e. The molecule has 0 aromatic heterocycles. The molecule has 1 fully saturated rings. The third-order valence-corrected chi connectivity index (χ3v) is 4.45. The van der Waals surface area contributed by atoms with Crippen LogP contribution >= 0.6 is 0 Å². The molecular formula is C19H38N4O2. The van der Waals surface area contributed by atoms with Crippen LogP contribution in [-0.2, 0) is 9.53 Å². The van der Waals surface area contributed by atoms with Crippen LogP contribution in [0.3, 0.4) is 0 Å². The number of guanidine groups is 1. The molecule has 0 bridgehead atoms. The van der Waals surface area contributed by atoms with E-state index in [4.69, 9.17) is 4.74 Å². The van der Waals surface area contributed by atoms with E-state index in [9.17, 15) is 4.79 Å². The van der Waals surface area contributed by atoms with Crippen LogP contribution in [-0.4, -0.2) is 50.8 Å². The number of ether oxygens (including phenoxy) is 1. The Morgan fingerprint density at radius 3 is 2.40 bits per heavy atom. The molecule has 0 spiro atoms. The maximum atomic E-state index is 12.0. The van der Waals surface area contributed by atoms with E-state index < -0.39 is 5.41 Å². The Morgan fingerprint density at radius 1 is 1.08 bits per heavy atom. The van der Waals surface area contributed by atoms with E-state index in [-0.39, 0.29) is 5.91 Å². The predicted molar refractivity (Wildman–Crippen MR) is 104 cm³/mol. The summed E-state index contributed by atoms with van der Waals surface area (Å²) in [5.41, 5.74) is -0.511. The van der Waals surface area contributed by atoms with Gasteiger partial charge in [-0.05, 0) is 47.0 Å². The number of rotatable bonds is 10. The van der Waals surface area contributed by atoms with Crippen molar-refractivity contribution >= 4 is 11.9 Å². The average molecular weight is 355 g/mol. The first-order chi connectivity index (χ1) is 12.0. The standard InChI is InChI=1S/C19H38N4O2/c1-5-20-17(24)19(3,4)15-23-18(21-6-2)22-13-10-14-25-16-11-8-7-9-12-16/h16H,5-15H2,1-4H3,(H,20,24)(H2,21,22,23). The molecule has 0 heterocycles. The van der Waals surface area contributed by atoms with Gasteiger partial charge in [-0.2, -0.15) is 0 Å². The average Bonchev–Trinajstić information content (AvgIpc) is 2.60. The molecule has 0 radical (unpaired) electrons. The van der Waals surface area contributed by atoms with Crippen molar-refractivity contribution in [2.45, 2.75) is 72.3 Å². The molecular weight excluding hydrogens is 316 g/mol. The highest BCUT2D eigenvalue weighted by atomic mass is 16.5. The third kappa shape index (κ3) is 9.10. The molecule has 0 aromatic rings. The molecule has 6 nitrogen and oxygen atoms in total. The summed E-state index contributed by atoms with van der Waals surface area (Å²) in [6.07, 6.45) is 7.83. The van der Waals surface area contributed by atoms with Crippen LogP contribution in [0.15, 0.2) is 4.99 Å². The van der Waals surface area contributed by atoms with Crippen LogP contribution in [0.1, 0.15) is 66.2 Å². The van der Waals surface area contributed by atoms with Gasteiger partial charge in [-0.15, -0.1) is 0 Å². The van der Waals surface area contributed by atoms with Crippen LogP contribution in [0, 0.1) is 5.41 Å². The fourth-order valence-electron chi connectivity index (χ4n) is 2.85. The molecule has 1 saturated carbocycles. The largest absolute Gasteiger partial charge is 0.378 e. The Kier molecular flexibility index (Phi) is 10.5. The van der Waals surface area contributed by atoms with Gasteiger partial charge in [-0.3, -0.25) is 9.79 Å². The Bertz CT molecular complexity index is 404. The van der Waals surface area contributed by atoms with Crippen molar-refractivity contribution in [3.63, 3.8) is 0 Å². The summed E-state index contributed by atoms with van der Waals surface area (Å²) in [6.45, 7) is 11.3. The van der Waals surface area contributed by atoms with Gasteiger partial charge in [0.05, 0.1) is 18.1 Å². The highest BCUT2D eigenvalue weighted by Crippen LogP contribution is 2.20. The van der Waals surface area contributed by atoms with Crippen molar-refractivity contribution in [3.05, 3.63) is 0 Å². The minimum Gasteiger partial charge on any atom is -0.378 e. The minimum absolute atomic E-state index is 0.0375. The lowest BCUT2D eigenvalue weighted by atomic mass is 9.92. The zero-order valence-corrected chi connectivity index (χ0v) is 16.6. The molecule has 146 valence electrons. The van der Waals surface area contributed by atoms with E-state index in [1.54, 1.807) is 0 Å². The highest BCUT2D eigenvalue weighted by molar-refractivity contribution is 5.83. The fraction of sp³-hybridized carbons (Fsp3) is 0.895. The monoisotopic (exact) mass is 354 g/mol. The van der Waals surface area contributed by atoms with Gasteiger partial charge in [0.1, 0.15) is 0 Å². The van der Waals surface area contributed by atoms with Crippen molar-refractivity contribution in [1.82, 2.24) is 16.0 Å². The summed E-state index contributed by atoms with van der Waals surface area (Å²) in [5.74, 6) is 0.799. The van der Waals surface area contributed by atoms with Gasteiger partial charge in [0.2, 0.25) is 5.91 Å². The lowest BCUT2D eigenvalue weighted by Crippen LogP contribution is -2.42. The van der Waals surface area contributed by atoms with E-state index >= 15 is 0 Å². The number of hydrogen-bond donors (Lipinski definition) is 3. The summed E-state index contributed by atoms with van der Waals surface area (Å²) in [6, 6.07) is 0. The quantitative estimate of drug-likeness (QED) is 0.320. The second kappa shape index (κ2) is 12.1. The van der Waals surface area contributed by atoms with Crippen molar-refractivity contribution < 1.29 is 9.53 Å². The zero-order valence-electron chi connectivity index (χ0n) is 16.6. The second-order valence-electron chi connectivity index (χ2n) is 7.35. The van der Waals surface area contributed by atoms with Gasteiger partial charge in [-0.1, -0.05) is 19.3 Å². The van der Waals surface area contributed by atoms with Crippen LogP contribution in [0.4, 0.5) is 0 Å². The molecule has 25 heavy (non-hydrogen) atoms. The van der Waals surface area contributed by atoms with Gasteiger partial charge in [0.15, 0.2) is 5.96 Å². The lowest BCUT2D eigenvalue weighted by Gasteiger charge is -2.22. The summed E-state index contributed by atoms with van der Waals surface area (Å²) >= 11 is 0. The van der Waals surface area contributed by atoms with Crippen LogP contribution in [0.25, 0.3) is 0 Å². The Morgan fingerprint density at radius 2 is 1.76 bits per heavy atom. The first kappa shape index (κ1) is 21.7. The molecule has 3 N–H and O–H groups in total. The number of nitrogens with zero attached hydrogens (tertiary/aromatic N) is 1. The van der Waals surface area contributed by atoms with E-state index in [1.165, 1.54) is 32.1 Å². The lowest BCUT2D eigenvalue weighted by molar-refractivity contribution is -0.128. The van der Waals surface area contributed by atoms with E-state index in [1.807, 2.05) is 27.7 Å². The first-order valence-electron chi connectivity index (χ1n) is 9.91. The maximum absolute atomic E-state index is 12.0. The van der Waals surface area contributed by atoms with Gasteiger partial charge in [0, 0.05) is 26.2 Å². The fourth-order valence-corrected chi connectivity index (χ4v) is 2.85. The molecule has 0 unspecified atom stereocenters. The zero-order chi connectivity index (χ0) is 18.5. The normalized spacial score (nSPS) is 16.6. The van der Waals surface area contributed by atoms with Gasteiger partial charge in [-0.25, -0.2) is 0 Å². The first-order valence-corrected chi connectivity index (χ1v) is 9.91. The molecule has 6 heteroatoms. The number of carbonyl (C=O) groups excluding carboxylic acids is 1. The number of aliphatic imine (C=N–C) groups is 1. The molecule has 1 rings (SSSR count). The third-order valence-electron chi connectivity index (χ3n) is 4.45.